The molecule has 112 valence electrons. The lowest BCUT2D eigenvalue weighted by Crippen LogP contribution is -2.45. The maximum atomic E-state index is 2.60. The van der Waals surface area contributed by atoms with Crippen LogP contribution in [0.1, 0.15) is 79.6 Å². The van der Waals surface area contributed by atoms with Crippen molar-refractivity contribution >= 4 is 0 Å². The van der Waals surface area contributed by atoms with Crippen molar-refractivity contribution in [2.24, 2.45) is 22.7 Å². The second-order valence-electron chi connectivity index (χ2n) is 8.73. The van der Waals surface area contributed by atoms with Crippen LogP contribution in [0.25, 0.3) is 0 Å². The Morgan fingerprint density at radius 1 is 1.05 bits per heavy atom. The van der Waals surface area contributed by atoms with Crippen molar-refractivity contribution in [3.05, 3.63) is 22.8 Å². The highest BCUT2D eigenvalue weighted by Crippen LogP contribution is 2.61. The fourth-order valence-corrected chi connectivity index (χ4v) is 5.64. The van der Waals surface area contributed by atoms with Gasteiger partial charge in [-0.25, -0.2) is 0 Å². The lowest BCUT2D eigenvalue weighted by molar-refractivity contribution is 0.0106. The topological polar surface area (TPSA) is 0 Å². The van der Waals surface area contributed by atoms with E-state index in [0.29, 0.717) is 10.8 Å². The van der Waals surface area contributed by atoms with Gasteiger partial charge < -0.3 is 0 Å². The predicted octanol–water partition coefficient (Wildman–Crippen LogP) is 6.29. The minimum atomic E-state index is 0.508. The first-order chi connectivity index (χ1) is 9.34. The molecule has 0 spiro atoms. The average molecular weight is 272 g/mol. The first-order valence-corrected chi connectivity index (χ1v) is 8.77. The third-order valence-corrected chi connectivity index (χ3v) is 6.77. The Morgan fingerprint density at radius 2 is 1.80 bits per heavy atom. The quantitative estimate of drug-likeness (QED) is 0.526. The fraction of sp³-hybridized carbons (Fsp3) is 0.800. The van der Waals surface area contributed by atoms with Gasteiger partial charge in [0.1, 0.15) is 0 Å². The van der Waals surface area contributed by atoms with Crippen LogP contribution in [0.4, 0.5) is 0 Å². The van der Waals surface area contributed by atoms with E-state index in [1.807, 2.05) is 5.57 Å². The van der Waals surface area contributed by atoms with E-state index in [2.05, 4.69) is 40.7 Å². The van der Waals surface area contributed by atoms with E-state index in [4.69, 9.17) is 0 Å². The summed E-state index contributed by atoms with van der Waals surface area (Å²) in [6, 6.07) is 0. The number of rotatable bonds is 1. The molecule has 0 aliphatic heterocycles. The normalized spacial score (nSPS) is 36.5. The number of hydrogen-bond donors (Lipinski definition) is 0. The predicted molar refractivity (Wildman–Crippen MR) is 87.6 cm³/mol. The SMILES string of the molecule is CC(C)C1=CC2=C(CC1)[C@@]1(C)CCCC(C)(C)[C@H]1CC2. The number of hydrogen-bond acceptors (Lipinski definition) is 0. The lowest BCUT2D eigenvalue weighted by Gasteiger charge is -2.56. The standard InChI is InChI=1S/C20H32/c1-14(2)15-7-9-17-16(13-15)8-10-18-19(3,4)11-6-12-20(17,18)5/h13-14,18H,6-12H2,1-5H3/t18-,20-/m1/s1. The van der Waals surface area contributed by atoms with Gasteiger partial charge in [0.15, 0.2) is 0 Å². The van der Waals surface area contributed by atoms with Crippen LogP contribution in [0.2, 0.25) is 0 Å². The fourth-order valence-electron chi connectivity index (χ4n) is 5.64. The Hall–Kier alpha value is -0.520. The van der Waals surface area contributed by atoms with E-state index in [-0.39, 0.29) is 0 Å². The van der Waals surface area contributed by atoms with Crippen molar-refractivity contribution < 1.29 is 0 Å². The van der Waals surface area contributed by atoms with E-state index in [1.54, 1.807) is 11.1 Å². The van der Waals surface area contributed by atoms with Crippen LogP contribution in [0, 0.1) is 22.7 Å². The van der Waals surface area contributed by atoms with E-state index in [1.165, 1.54) is 44.9 Å². The Kier molecular flexibility index (Phi) is 3.42. The molecule has 0 heteroatoms. The third-order valence-electron chi connectivity index (χ3n) is 6.77. The van der Waals surface area contributed by atoms with Gasteiger partial charge in [0, 0.05) is 0 Å². The van der Waals surface area contributed by atoms with E-state index < -0.39 is 0 Å². The summed E-state index contributed by atoms with van der Waals surface area (Å²) < 4.78 is 0. The lowest BCUT2D eigenvalue weighted by atomic mass is 9.49. The zero-order valence-electron chi connectivity index (χ0n) is 14.2. The van der Waals surface area contributed by atoms with Gasteiger partial charge in [0.25, 0.3) is 0 Å². The van der Waals surface area contributed by atoms with Crippen LogP contribution < -0.4 is 0 Å². The monoisotopic (exact) mass is 272 g/mol. The van der Waals surface area contributed by atoms with E-state index >= 15 is 0 Å². The molecule has 20 heavy (non-hydrogen) atoms. The summed E-state index contributed by atoms with van der Waals surface area (Å²) in [6.45, 7) is 12.4. The highest BCUT2D eigenvalue weighted by atomic mass is 14.5. The largest absolute Gasteiger partial charge is 0.0671 e. The molecular formula is C20H32. The van der Waals surface area contributed by atoms with Crippen molar-refractivity contribution in [1.82, 2.24) is 0 Å². The average Bonchev–Trinajstić information content (AvgIpc) is 2.37. The zero-order chi connectivity index (χ0) is 14.5. The van der Waals surface area contributed by atoms with Crippen LogP contribution in [-0.4, -0.2) is 0 Å². The summed E-state index contributed by atoms with van der Waals surface area (Å²) in [5, 5.41) is 0. The van der Waals surface area contributed by atoms with Crippen molar-refractivity contribution in [2.75, 3.05) is 0 Å². The molecule has 0 bridgehead atoms. The highest BCUT2D eigenvalue weighted by molar-refractivity contribution is 5.40. The molecule has 3 rings (SSSR count). The van der Waals surface area contributed by atoms with Crippen LogP contribution in [0.5, 0.6) is 0 Å². The van der Waals surface area contributed by atoms with Crippen LogP contribution in [0.3, 0.4) is 0 Å². The molecule has 0 N–H and O–H groups in total. The zero-order valence-corrected chi connectivity index (χ0v) is 14.2. The summed E-state index contributed by atoms with van der Waals surface area (Å²) >= 11 is 0. The molecule has 0 aromatic carbocycles. The summed E-state index contributed by atoms with van der Waals surface area (Å²) in [7, 11) is 0. The van der Waals surface area contributed by atoms with E-state index in [9.17, 15) is 0 Å². The molecule has 0 saturated heterocycles. The molecule has 0 aromatic rings. The molecule has 0 nitrogen and oxygen atoms in total. The third kappa shape index (κ3) is 2.11. The van der Waals surface area contributed by atoms with Gasteiger partial charge in [0.05, 0.1) is 0 Å². The smallest absolute Gasteiger partial charge is 0.00770 e. The summed E-state index contributed by atoms with van der Waals surface area (Å²) in [5.74, 6) is 1.65. The van der Waals surface area contributed by atoms with Crippen molar-refractivity contribution in [1.29, 1.82) is 0 Å². The number of fused-ring (bicyclic) bond motifs is 2. The molecule has 1 saturated carbocycles. The first kappa shape index (κ1) is 14.4. The van der Waals surface area contributed by atoms with Crippen molar-refractivity contribution in [3.63, 3.8) is 0 Å². The van der Waals surface area contributed by atoms with Gasteiger partial charge in [-0.05, 0) is 66.8 Å². The Labute approximate surface area is 125 Å². The first-order valence-electron chi connectivity index (χ1n) is 8.77. The van der Waals surface area contributed by atoms with Gasteiger partial charge in [-0.2, -0.15) is 0 Å². The Bertz CT molecular complexity index is 460. The maximum absolute atomic E-state index is 2.60. The minimum Gasteiger partial charge on any atom is -0.0671 e. The van der Waals surface area contributed by atoms with Gasteiger partial charge in [-0.1, -0.05) is 58.3 Å². The second kappa shape index (κ2) is 4.75. The molecule has 0 amide bonds. The highest BCUT2D eigenvalue weighted by Gasteiger charge is 2.50. The van der Waals surface area contributed by atoms with Crippen LogP contribution >= 0.6 is 0 Å². The summed E-state index contributed by atoms with van der Waals surface area (Å²) in [6.07, 6.45) is 12.3. The molecule has 3 aliphatic rings. The molecule has 2 atom stereocenters. The second-order valence-corrected chi connectivity index (χ2v) is 8.73. The van der Waals surface area contributed by atoms with Crippen molar-refractivity contribution in [2.45, 2.75) is 79.6 Å². The Balaban J connectivity index is 2.00. The molecule has 0 heterocycles. The van der Waals surface area contributed by atoms with Gasteiger partial charge in [0.2, 0.25) is 0 Å². The van der Waals surface area contributed by atoms with E-state index in [0.717, 1.165) is 11.8 Å². The van der Waals surface area contributed by atoms with Crippen molar-refractivity contribution in [3.8, 4) is 0 Å². The summed E-state index contributed by atoms with van der Waals surface area (Å²) in [4.78, 5) is 0. The molecule has 0 unspecified atom stereocenters. The molecule has 3 aliphatic carbocycles. The molecule has 0 radical (unpaired) electrons. The molecular weight excluding hydrogens is 240 g/mol. The number of allylic oxidation sites excluding steroid dienone is 4. The molecule has 1 fully saturated rings. The van der Waals surface area contributed by atoms with Gasteiger partial charge in [-0.15, -0.1) is 0 Å². The van der Waals surface area contributed by atoms with Gasteiger partial charge in [-0.3, -0.25) is 0 Å². The summed E-state index contributed by atoms with van der Waals surface area (Å²) in [5.41, 5.74) is 6.34. The minimum absolute atomic E-state index is 0.508. The van der Waals surface area contributed by atoms with Crippen LogP contribution in [-0.2, 0) is 0 Å². The molecule has 0 aromatic heterocycles. The maximum Gasteiger partial charge on any atom is -0.00770 e. The van der Waals surface area contributed by atoms with Gasteiger partial charge >= 0.3 is 0 Å². The van der Waals surface area contributed by atoms with Crippen LogP contribution in [0.15, 0.2) is 22.8 Å². The Morgan fingerprint density at radius 3 is 2.50 bits per heavy atom.